The maximum atomic E-state index is 12.7. The number of hydrogen-bond donors (Lipinski definition) is 2. The largest absolute Gasteiger partial charge is 0.497 e. The van der Waals surface area contributed by atoms with Gasteiger partial charge in [0.2, 0.25) is 10.0 Å². The van der Waals surface area contributed by atoms with Crippen molar-refractivity contribution in [1.82, 2.24) is 4.31 Å². The van der Waals surface area contributed by atoms with Crippen molar-refractivity contribution in [3.05, 3.63) is 18.2 Å². The molecule has 21 heavy (non-hydrogen) atoms. The summed E-state index contributed by atoms with van der Waals surface area (Å²) < 4.78 is 31.9. The lowest BCUT2D eigenvalue weighted by Gasteiger charge is -2.32. The normalized spacial score (nSPS) is 20.4. The molecule has 7 heteroatoms. The number of nitrogen functional groups attached to an aromatic ring is 1. The third-order valence-electron chi connectivity index (χ3n) is 3.85. The molecule has 6 nitrogen and oxygen atoms in total. The van der Waals surface area contributed by atoms with E-state index in [1.165, 1.54) is 23.5 Å². The Kier molecular flexibility index (Phi) is 5.08. The molecule has 0 saturated carbocycles. The van der Waals surface area contributed by atoms with Crippen LogP contribution >= 0.6 is 0 Å². The third kappa shape index (κ3) is 3.48. The highest BCUT2D eigenvalue weighted by Crippen LogP contribution is 2.30. The highest BCUT2D eigenvalue weighted by molar-refractivity contribution is 7.89. The highest BCUT2D eigenvalue weighted by atomic mass is 32.2. The predicted molar refractivity (Wildman–Crippen MR) is 80.6 cm³/mol. The van der Waals surface area contributed by atoms with Crippen LogP contribution in [0, 0.1) is 5.92 Å². The number of ether oxygens (including phenoxy) is 1. The first-order valence-corrected chi connectivity index (χ1v) is 8.47. The van der Waals surface area contributed by atoms with Gasteiger partial charge in [-0.2, -0.15) is 4.31 Å². The van der Waals surface area contributed by atoms with Crippen LogP contribution in [0.25, 0.3) is 0 Å². The van der Waals surface area contributed by atoms with Crippen molar-refractivity contribution in [2.24, 2.45) is 5.92 Å². The van der Waals surface area contributed by atoms with Gasteiger partial charge < -0.3 is 15.6 Å². The average Bonchev–Trinajstić information content (AvgIpc) is 2.47. The number of methoxy groups -OCH3 is 1. The van der Waals surface area contributed by atoms with E-state index in [-0.39, 0.29) is 23.1 Å². The van der Waals surface area contributed by atoms with E-state index in [9.17, 15) is 8.42 Å². The zero-order chi connectivity index (χ0) is 15.5. The Hall–Kier alpha value is -1.31. The fourth-order valence-electron chi connectivity index (χ4n) is 2.69. The van der Waals surface area contributed by atoms with Gasteiger partial charge in [0.1, 0.15) is 10.6 Å². The molecule has 1 atom stereocenters. The van der Waals surface area contributed by atoms with Crippen LogP contribution in [0.2, 0.25) is 0 Å². The molecule has 1 aromatic carbocycles. The first-order valence-electron chi connectivity index (χ1n) is 7.03. The predicted octanol–water partition coefficient (Wildman–Crippen LogP) is 1.06. The molecule has 2 rings (SSSR count). The summed E-state index contributed by atoms with van der Waals surface area (Å²) in [4.78, 5) is 0.118. The first kappa shape index (κ1) is 16.1. The molecule has 0 amide bonds. The lowest BCUT2D eigenvalue weighted by Crippen LogP contribution is -2.40. The van der Waals surface area contributed by atoms with Crippen LogP contribution in [0.4, 0.5) is 5.69 Å². The van der Waals surface area contributed by atoms with E-state index in [4.69, 9.17) is 15.6 Å². The van der Waals surface area contributed by atoms with Crippen LogP contribution in [0.15, 0.2) is 23.1 Å². The van der Waals surface area contributed by atoms with Gasteiger partial charge >= 0.3 is 0 Å². The Morgan fingerprint density at radius 3 is 2.86 bits per heavy atom. The van der Waals surface area contributed by atoms with Gasteiger partial charge in [0.15, 0.2) is 0 Å². The van der Waals surface area contributed by atoms with Crippen LogP contribution < -0.4 is 10.5 Å². The summed E-state index contributed by atoms with van der Waals surface area (Å²) in [6, 6.07) is 4.60. The van der Waals surface area contributed by atoms with Crippen LogP contribution in [-0.2, 0) is 10.0 Å². The minimum absolute atomic E-state index is 0.0865. The van der Waals surface area contributed by atoms with Crippen molar-refractivity contribution in [1.29, 1.82) is 0 Å². The first-order chi connectivity index (χ1) is 9.98. The van der Waals surface area contributed by atoms with E-state index >= 15 is 0 Å². The quantitative estimate of drug-likeness (QED) is 0.793. The van der Waals surface area contributed by atoms with E-state index in [0.29, 0.717) is 25.3 Å². The molecule has 1 unspecified atom stereocenters. The number of benzene rings is 1. The minimum Gasteiger partial charge on any atom is -0.497 e. The molecule has 3 N–H and O–H groups in total. The van der Waals surface area contributed by atoms with Crippen LogP contribution in [0.5, 0.6) is 5.75 Å². The van der Waals surface area contributed by atoms with Crippen molar-refractivity contribution >= 4 is 15.7 Å². The zero-order valence-corrected chi connectivity index (χ0v) is 13.0. The summed E-state index contributed by atoms with van der Waals surface area (Å²) >= 11 is 0. The Morgan fingerprint density at radius 2 is 2.24 bits per heavy atom. The fourth-order valence-corrected chi connectivity index (χ4v) is 4.34. The Bertz CT molecular complexity index is 587. The molecule has 1 aliphatic rings. The van der Waals surface area contributed by atoms with Crippen LogP contribution in [-0.4, -0.2) is 44.6 Å². The smallest absolute Gasteiger partial charge is 0.245 e. The number of nitrogens with zero attached hydrogens (tertiary/aromatic N) is 1. The molecule has 118 valence electrons. The second-order valence-corrected chi connectivity index (χ2v) is 7.19. The van der Waals surface area contributed by atoms with Crippen molar-refractivity contribution in [2.75, 3.05) is 32.5 Å². The highest BCUT2D eigenvalue weighted by Gasteiger charge is 2.31. The molecule has 1 fully saturated rings. The molecular formula is C14H22N2O4S. The number of nitrogens with two attached hydrogens (primary N) is 1. The van der Waals surface area contributed by atoms with Gasteiger partial charge in [-0.1, -0.05) is 0 Å². The molecule has 1 heterocycles. The van der Waals surface area contributed by atoms with Crippen molar-refractivity contribution in [2.45, 2.75) is 24.2 Å². The van der Waals surface area contributed by atoms with Gasteiger partial charge in [0, 0.05) is 25.8 Å². The Morgan fingerprint density at radius 1 is 1.48 bits per heavy atom. The van der Waals surface area contributed by atoms with Gasteiger partial charge in [-0.05, 0) is 37.3 Å². The standard InChI is InChI=1S/C14H22N2O4S/c1-20-12-4-5-14(13(15)9-12)21(18,19)16-7-2-3-11(10-16)6-8-17/h4-5,9,11,17H,2-3,6-8,10,15H2,1H3. The van der Waals surface area contributed by atoms with Crippen molar-refractivity contribution < 1.29 is 18.3 Å². The Labute approximate surface area is 125 Å². The van der Waals surface area contributed by atoms with Crippen LogP contribution in [0.3, 0.4) is 0 Å². The minimum atomic E-state index is -3.60. The lowest BCUT2D eigenvalue weighted by atomic mass is 9.97. The van der Waals surface area contributed by atoms with E-state index in [1.807, 2.05) is 0 Å². The second-order valence-electron chi connectivity index (χ2n) is 5.29. The summed E-state index contributed by atoms with van der Waals surface area (Å²) in [6.07, 6.45) is 2.38. The van der Waals surface area contributed by atoms with Crippen molar-refractivity contribution in [3.63, 3.8) is 0 Å². The number of aliphatic hydroxyl groups is 1. The summed E-state index contributed by atoms with van der Waals surface area (Å²) in [5.41, 5.74) is 6.05. The second kappa shape index (κ2) is 6.64. The zero-order valence-electron chi connectivity index (χ0n) is 12.2. The van der Waals surface area contributed by atoms with Gasteiger partial charge in [-0.15, -0.1) is 0 Å². The average molecular weight is 314 g/mol. The van der Waals surface area contributed by atoms with Gasteiger partial charge in [-0.25, -0.2) is 8.42 Å². The monoisotopic (exact) mass is 314 g/mol. The topological polar surface area (TPSA) is 92.9 Å². The Balaban J connectivity index is 2.25. The lowest BCUT2D eigenvalue weighted by molar-refractivity contribution is 0.203. The van der Waals surface area contributed by atoms with E-state index < -0.39 is 10.0 Å². The summed E-state index contributed by atoms with van der Waals surface area (Å²) in [6.45, 7) is 1.02. The van der Waals surface area contributed by atoms with E-state index in [1.54, 1.807) is 6.07 Å². The molecule has 0 aliphatic carbocycles. The van der Waals surface area contributed by atoms with Crippen LogP contribution in [0.1, 0.15) is 19.3 Å². The SMILES string of the molecule is COc1ccc(S(=O)(=O)N2CCCC(CCO)C2)c(N)c1. The number of hydrogen-bond acceptors (Lipinski definition) is 5. The number of anilines is 1. The summed E-state index contributed by atoms with van der Waals surface area (Å²) in [5.74, 6) is 0.737. The molecule has 1 aromatic rings. The molecule has 0 radical (unpaired) electrons. The number of piperidine rings is 1. The fraction of sp³-hybridized carbons (Fsp3) is 0.571. The molecule has 0 aromatic heterocycles. The van der Waals surface area contributed by atoms with Gasteiger partial charge in [0.25, 0.3) is 0 Å². The molecular weight excluding hydrogens is 292 g/mol. The summed E-state index contributed by atoms with van der Waals surface area (Å²) in [7, 11) is -2.09. The van der Waals surface area contributed by atoms with Crippen molar-refractivity contribution in [3.8, 4) is 5.75 Å². The van der Waals surface area contributed by atoms with Gasteiger partial charge in [0.05, 0.1) is 12.8 Å². The molecule has 0 spiro atoms. The molecule has 0 bridgehead atoms. The van der Waals surface area contributed by atoms with E-state index in [2.05, 4.69) is 0 Å². The maximum absolute atomic E-state index is 12.7. The number of sulfonamides is 1. The van der Waals surface area contributed by atoms with E-state index in [0.717, 1.165) is 12.8 Å². The number of aliphatic hydroxyl groups excluding tert-OH is 1. The number of rotatable bonds is 5. The molecule has 1 aliphatic heterocycles. The third-order valence-corrected chi connectivity index (χ3v) is 5.79. The van der Waals surface area contributed by atoms with Gasteiger partial charge in [-0.3, -0.25) is 0 Å². The maximum Gasteiger partial charge on any atom is 0.245 e. The summed E-state index contributed by atoms with van der Waals surface area (Å²) in [5, 5.41) is 9.02. The molecule has 1 saturated heterocycles.